The highest BCUT2D eigenvalue weighted by Crippen LogP contribution is 2.16. The zero-order valence-electron chi connectivity index (χ0n) is 11.7. The van der Waals surface area contributed by atoms with Crippen LogP contribution in [0.4, 0.5) is 0 Å². The number of aryl methyl sites for hydroxylation is 2. The molecule has 0 radical (unpaired) electrons. The highest BCUT2D eigenvalue weighted by Gasteiger charge is 2.09. The van der Waals surface area contributed by atoms with Gasteiger partial charge in [-0.05, 0) is 43.0 Å². The number of benzene rings is 2. The van der Waals surface area contributed by atoms with Gasteiger partial charge in [0.25, 0.3) is 0 Å². The maximum Gasteiger partial charge on any atom is 0.0648 e. The predicted molar refractivity (Wildman–Crippen MR) is 82.2 cm³/mol. The van der Waals surface area contributed by atoms with Crippen LogP contribution in [-0.4, -0.2) is 9.78 Å². The Morgan fingerprint density at radius 3 is 2.20 bits per heavy atom. The fraction of sp³-hybridized carbons (Fsp3) is 0.167. The maximum absolute atomic E-state index is 4.51. The molecule has 0 aliphatic rings. The minimum absolute atomic E-state index is 1.00. The molecule has 0 fully saturated rings. The molecular formula is C18H18N2. The molecule has 20 heavy (non-hydrogen) atoms. The van der Waals surface area contributed by atoms with Crippen molar-refractivity contribution in [2.45, 2.75) is 19.8 Å². The van der Waals surface area contributed by atoms with E-state index in [1.165, 1.54) is 16.8 Å². The van der Waals surface area contributed by atoms with E-state index in [1.54, 1.807) is 0 Å². The highest BCUT2D eigenvalue weighted by atomic mass is 15.3. The number of hydrogen-bond donors (Lipinski definition) is 0. The third-order valence-electron chi connectivity index (χ3n) is 3.57. The van der Waals surface area contributed by atoms with Gasteiger partial charge in [-0.1, -0.05) is 48.5 Å². The van der Waals surface area contributed by atoms with E-state index in [4.69, 9.17) is 0 Å². The quantitative estimate of drug-likeness (QED) is 0.695. The second-order valence-electron chi connectivity index (χ2n) is 5.01. The molecule has 2 nitrogen and oxygen atoms in total. The average Bonchev–Trinajstić information content (AvgIpc) is 2.88. The Hall–Kier alpha value is -2.35. The summed E-state index contributed by atoms with van der Waals surface area (Å²) in [6, 6.07) is 20.9. The van der Waals surface area contributed by atoms with Gasteiger partial charge in [0.05, 0.1) is 11.9 Å². The van der Waals surface area contributed by atoms with Gasteiger partial charge in [-0.3, -0.25) is 0 Å². The normalized spacial score (nSPS) is 10.7. The first-order chi connectivity index (χ1) is 9.84. The van der Waals surface area contributed by atoms with Crippen LogP contribution in [0.25, 0.3) is 5.69 Å². The number of para-hydroxylation sites is 1. The minimum atomic E-state index is 1.00. The van der Waals surface area contributed by atoms with Gasteiger partial charge in [0.1, 0.15) is 0 Å². The van der Waals surface area contributed by atoms with Crippen LogP contribution < -0.4 is 0 Å². The predicted octanol–water partition coefficient (Wildman–Crippen LogP) is 3.97. The van der Waals surface area contributed by atoms with Gasteiger partial charge in [0.15, 0.2) is 0 Å². The first-order valence-electron chi connectivity index (χ1n) is 6.97. The molecule has 0 spiro atoms. The summed E-state index contributed by atoms with van der Waals surface area (Å²) in [6.45, 7) is 2.13. The van der Waals surface area contributed by atoms with Crippen molar-refractivity contribution in [3.05, 3.63) is 83.7 Å². The largest absolute Gasteiger partial charge is 0.238 e. The topological polar surface area (TPSA) is 17.8 Å². The fourth-order valence-electron chi connectivity index (χ4n) is 2.46. The summed E-state index contributed by atoms with van der Waals surface area (Å²) < 4.78 is 2.05. The summed E-state index contributed by atoms with van der Waals surface area (Å²) in [5.41, 5.74) is 5.04. The van der Waals surface area contributed by atoms with Crippen LogP contribution in [0.1, 0.15) is 16.8 Å². The second-order valence-corrected chi connectivity index (χ2v) is 5.01. The van der Waals surface area contributed by atoms with Crippen molar-refractivity contribution in [3.63, 3.8) is 0 Å². The highest BCUT2D eigenvalue weighted by molar-refractivity contribution is 5.35. The van der Waals surface area contributed by atoms with Crippen LogP contribution in [0.3, 0.4) is 0 Å². The first kappa shape index (κ1) is 12.7. The Balaban J connectivity index is 1.85. The molecule has 0 saturated carbocycles. The van der Waals surface area contributed by atoms with E-state index < -0.39 is 0 Å². The van der Waals surface area contributed by atoms with Crippen LogP contribution in [0, 0.1) is 6.92 Å². The Bertz CT molecular complexity index is 669. The summed E-state index contributed by atoms with van der Waals surface area (Å²) in [5.74, 6) is 0. The first-order valence-corrected chi connectivity index (χ1v) is 6.97. The molecule has 0 bridgehead atoms. The van der Waals surface area contributed by atoms with E-state index in [9.17, 15) is 0 Å². The zero-order valence-corrected chi connectivity index (χ0v) is 11.7. The lowest BCUT2D eigenvalue weighted by atomic mass is 10.1. The molecule has 2 aromatic carbocycles. The van der Waals surface area contributed by atoms with Gasteiger partial charge in [0, 0.05) is 5.69 Å². The summed E-state index contributed by atoms with van der Waals surface area (Å²) in [4.78, 5) is 0. The Kier molecular flexibility index (Phi) is 3.64. The summed E-state index contributed by atoms with van der Waals surface area (Å²) >= 11 is 0. The standard InChI is InChI=1S/C18H18N2/c1-15-14-19-20(17-10-6-3-7-11-17)18(15)13-12-16-8-4-2-5-9-16/h2-11,14H,12-13H2,1H3. The van der Waals surface area contributed by atoms with Crippen molar-refractivity contribution in [3.8, 4) is 5.69 Å². The Morgan fingerprint density at radius 2 is 1.50 bits per heavy atom. The molecular weight excluding hydrogens is 244 g/mol. The molecule has 0 N–H and O–H groups in total. The maximum atomic E-state index is 4.51. The Morgan fingerprint density at radius 1 is 0.850 bits per heavy atom. The van der Waals surface area contributed by atoms with Gasteiger partial charge < -0.3 is 0 Å². The zero-order chi connectivity index (χ0) is 13.8. The lowest BCUT2D eigenvalue weighted by Crippen LogP contribution is -2.04. The van der Waals surface area contributed by atoms with Gasteiger partial charge in [-0.25, -0.2) is 4.68 Å². The minimum Gasteiger partial charge on any atom is -0.238 e. The third kappa shape index (κ3) is 2.64. The molecule has 0 saturated heterocycles. The van der Waals surface area contributed by atoms with Crippen LogP contribution in [-0.2, 0) is 12.8 Å². The molecule has 2 heteroatoms. The van der Waals surface area contributed by atoms with Crippen molar-refractivity contribution < 1.29 is 0 Å². The molecule has 0 unspecified atom stereocenters. The smallest absolute Gasteiger partial charge is 0.0648 e. The van der Waals surface area contributed by atoms with Gasteiger partial charge in [0.2, 0.25) is 0 Å². The lowest BCUT2D eigenvalue weighted by Gasteiger charge is -2.08. The van der Waals surface area contributed by atoms with Gasteiger partial charge >= 0.3 is 0 Å². The van der Waals surface area contributed by atoms with Crippen molar-refractivity contribution in [1.82, 2.24) is 9.78 Å². The lowest BCUT2D eigenvalue weighted by molar-refractivity contribution is 0.783. The van der Waals surface area contributed by atoms with Crippen LogP contribution >= 0.6 is 0 Å². The number of nitrogens with zero attached hydrogens (tertiary/aromatic N) is 2. The third-order valence-corrected chi connectivity index (χ3v) is 3.57. The molecule has 3 rings (SSSR count). The average molecular weight is 262 g/mol. The van der Waals surface area contributed by atoms with Crippen LogP contribution in [0.5, 0.6) is 0 Å². The van der Waals surface area contributed by atoms with E-state index in [2.05, 4.69) is 59.2 Å². The van der Waals surface area contributed by atoms with Crippen molar-refractivity contribution in [2.75, 3.05) is 0 Å². The van der Waals surface area contributed by atoms with Gasteiger partial charge in [-0.2, -0.15) is 5.10 Å². The van der Waals surface area contributed by atoms with E-state index in [-0.39, 0.29) is 0 Å². The number of hydrogen-bond acceptors (Lipinski definition) is 1. The van der Waals surface area contributed by atoms with Crippen molar-refractivity contribution in [1.29, 1.82) is 0 Å². The van der Waals surface area contributed by atoms with Crippen molar-refractivity contribution >= 4 is 0 Å². The second kappa shape index (κ2) is 5.74. The molecule has 0 aliphatic heterocycles. The van der Waals surface area contributed by atoms with E-state index in [0.717, 1.165) is 18.5 Å². The van der Waals surface area contributed by atoms with Gasteiger partial charge in [-0.15, -0.1) is 0 Å². The van der Waals surface area contributed by atoms with E-state index >= 15 is 0 Å². The molecule has 0 aliphatic carbocycles. The van der Waals surface area contributed by atoms with E-state index in [0.29, 0.717) is 0 Å². The molecule has 1 aromatic heterocycles. The molecule has 3 aromatic rings. The van der Waals surface area contributed by atoms with Crippen LogP contribution in [0.2, 0.25) is 0 Å². The Labute approximate surface area is 119 Å². The summed E-state index contributed by atoms with van der Waals surface area (Å²) in [5, 5.41) is 4.51. The monoisotopic (exact) mass is 262 g/mol. The molecule has 0 amide bonds. The number of aromatic nitrogens is 2. The molecule has 100 valence electrons. The molecule has 0 atom stereocenters. The number of rotatable bonds is 4. The van der Waals surface area contributed by atoms with Crippen molar-refractivity contribution in [2.24, 2.45) is 0 Å². The van der Waals surface area contributed by atoms with Crippen LogP contribution in [0.15, 0.2) is 66.9 Å². The fourth-order valence-corrected chi connectivity index (χ4v) is 2.46. The van der Waals surface area contributed by atoms with E-state index in [1.807, 2.05) is 24.4 Å². The summed E-state index contributed by atoms with van der Waals surface area (Å²) in [7, 11) is 0. The SMILES string of the molecule is Cc1cnn(-c2ccccc2)c1CCc1ccccc1. The molecule has 1 heterocycles. The summed E-state index contributed by atoms with van der Waals surface area (Å²) in [6.07, 6.45) is 4.00.